The highest BCUT2D eigenvalue weighted by Gasteiger charge is 2.41. The molecule has 5 rings (SSSR count). The molecule has 3 aromatic carbocycles. The standard InChI is InChI=1S/C21H23ClN2O4S.C6H5Cl.C3H8.C2H4O2/c22-17-8-6-16(7-9-17)20-14-28-15-21(25)23(20)12-13-24(18-4-2-1-3-5-18)29(26,27)19-10-11-19;7-6-4-2-1-3-5-6;1-3-2;1-2(3)4/h1-9,19-20H,10-15H2;1-5H;3H2,1-2H3;1H3,(H,3,4)/t20-;;;/m0.../s1. The molecule has 234 valence electrons. The van der Waals surface area contributed by atoms with Gasteiger partial charge in [-0.2, -0.15) is 0 Å². The van der Waals surface area contributed by atoms with Crippen molar-refractivity contribution in [1.29, 1.82) is 0 Å². The molecule has 0 unspecified atom stereocenters. The number of morpholine rings is 1. The van der Waals surface area contributed by atoms with Gasteiger partial charge in [-0.05, 0) is 54.8 Å². The van der Waals surface area contributed by atoms with Crippen molar-refractivity contribution in [2.75, 3.05) is 30.6 Å². The van der Waals surface area contributed by atoms with E-state index in [1.54, 1.807) is 29.2 Å². The first-order chi connectivity index (χ1) is 20.5. The highest BCUT2D eigenvalue weighted by molar-refractivity contribution is 7.93. The fourth-order valence-corrected chi connectivity index (χ4v) is 6.12. The van der Waals surface area contributed by atoms with E-state index in [2.05, 4.69) is 13.8 Å². The molecule has 1 aliphatic carbocycles. The van der Waals surface area contributed by atoms with Crippen molar-refractivity contribution in [1.82, 2.24) is 4.90 Å². The number of amides is 1. The summed E-state index contributed by atoms with van der Waals surface area (Å²) in [6.45, 7) is 6.20. The number of para-hydroxylation sites is 1. The van der Waals surface area contributed by atoms with Gasteiger partial charge >= 0.3 is 0 Å². The summed E-state index contributed by atoms with van der Waals surface area (Å²) in [4.78, 5) is 23.3. The predicted molar refractivity (Wildman–Crippen MR) is 173 cm³/mol. The van der Waals surface area contributed by atoms with Crippen LogP contribution in [0.1, 0.15) is 51.6 Å². The van der Waals surface area contributed by atoms with Crippen LogP contribution in [0, 0.1) is 0 Å². The summed E-state index contributed by atoms with van der Waals surface area (Å²) in [6, 6.07) is 25.6. The van der Waals surface area contributed by atoms with Crippen LogP contribution in [-0.4, -0.2) is 61.9 Å². The highest BCUT2D eigenvalue weighted by atomic mass is 35.5. The third-order valence-corrected chi connectivity index (χ3v) is 8.85. The minimum atomic E-state index is -3.44. The van der Waals surface area contributed by atoms with E-state index < -0.39 is 16.0 Å². The number of halogens is 2. The number of carboxylic acid groups (broad SMARTS) is 1. The van der Waals surface area contributed by atoms with Crippen molar-refractivity contribution in [2.24, 2.45) is 0 Å². The molecule has 11 heteroatoms. The number of benzene rings is 3. The number of nitrogens with zero attached hydrogens (tertiary/aromatic N) is 2. The Hall–Kier alpha value is -3.11. The molecular formula is C32H40Cl2N2O6S. The maximum atomic E-state index is 13.0. The molecule has 1 N–H and O–H groups in total. The van der Waals surface area contributed by atoms with Gasteiger partial charge in [-0.3, -0.25) is 13.9 Å². The minimum absolute atomic E-state index is 0.00476. The molecular weight excluding hydrogens is 611 g/mol. The quantitative estimate of drug-likeness (QED) is 0.293. The summed E-state index contributed by atoms with van der Waals surface area (Å²) < 4.78 is 33.0. The summed E-state index contributed by atoms with van der Waals surface area (Å²) in [6.07, 6.45) is 2.63. The number of ether oxygens (including phenoxy) is 1. The number of rotatable bonds is 7. The summed E-state index contributed by atoms with van der Waals surface area (Å²) in [5, 5.41) is 8.51. The third kappa shape index (κ3) is 12.6. The Morgan fingerprint density at radius 3 is 1.88 bits per heavy atom. The molecule has 1 aliphatic heterocycles. The summed E-state index contributed by atoms with van der Waals surface area (Å²) in [7, 11) is -3.44. The molecule has 2 aliphatic rings. The number of carbonyl (C=O) groups is 2. The second-order valence-electron chi connectivity index (χ2n) is 9.84. The fourth-order valence-electron chi connectivity index (χ4n) is 4.00. The Kier molecular flexibility index (Phi) is 15.6. The van der Waals surface area contributed by atoms with Crippen molar-refractivity contribution >= 4 is 50.8 Å². The van der Waals surface area contributed by atoms with Crippen LogP contribution in [-0.2, 0) is 24.3 Å². The minimum Gasteiger partial charge on any atom is -0.481 e. The summed E-state index contributed by atoms with van der Waals surface area (Å²) in [5.41, 5.74) is 1.54. The van der Waals surface area contributed by atoms with E-state index in [0.29, 0.717) is 30.2 Å². The number of hydrogen-bond acceptors (Lipinski definition) is 5. The molecule has 1 atom stereocenters. The first-order valence-electron chi connectivity index (χ1n) is 14.1. The number of anilines is 1. The van der Waals surface area contributed by atoms with E-state index in [1.165, 1.54) is 10.7 Å². The monoisotopic (exact) mass is 650 g/mol. The second kappa shape index (κ2) is 18.5. The third-order valence-electron chi connectivity index (χ3n) is 6.03. The van der Waals surface area contributed by atoms with E-state index in [1.807, 2.05) is 60.7 Å². The molecule has 1 amide bonds. The van der Waals surface area contributed by atoms with Crippen molar-refractivity contribution in [2.45, 2.75) is 51.3 Å². The van der Waals surface area contributed by atoms with E-state index in [0.717, 1.165) is 17.5 Å². The Bertz CT molecular complexity index is 1350. The lowest BCUT2D eigenvalue weighted by Crippen LogP contribution is -2.48. The van der Waals surface area contributed by atoms with Crippen LogP contribution < -0.4 is 4.31 Å². The second-order valence-corrected chi connectivity index (χ2v) is 12.9. The van der Waals surface area contributed by atoms with Gasteiger partial charge in [0.15, 0.2) is 0 Å². The number of hydrogen-bond donors (Lipinski definition) is 1. The molecule has 1 heterocycles. The molecule has 1 saturated heterocycles. The van der Waals surface area contributed by atoms with Crippen LogP contribution in [0.25, 0.3) is 0 Å². The van der Waals surface area contributed by atoms with Gasteiger partial charge in [0.1, 0.15) is 6.61 Å². The molecule has 0 radical (unpaired) electrons. The zero-order valence-corrected chi connectivity index (χ0v) is 27.1. The van der Waals surface area contributed by atoms with Crippen molar-refractivity contribution in [3.63, 3.8) is 0 Å². The normalized spacial score (nSPS) is 15.9. The van der Waals surface area contributed by atoms with Gasteiger partial charge in [0, 0.05) is 23.5 Å². The van der Waals surface area contributed by atoms with Crippen LogP contribution in [0.2, 0.25) is 10.0 Å². The largest absolute Gasteiger partial charge is 0.481 e. The van der Waals surface area contributed by atoms with E-state index in [4.69, 9.17) is 37.8 Å². The number of aliphatic carboxylic acids is 1. The van der Waals surface area contributed by atoms with Crippen molar-refractivity contribution < 1.29 is 27.9 Å². The Morgan fingerprint density at radius 2 is 1.42 bits per heavy atom. The van der Waals surface area contributed by atoms with Crippen LogP contribution in [0.15, 0.2) is 84.9 Å². The topological polar surface area (TPSA) is 104 Å². The maximum Gasteiger partial charge on any atom is 0.300 e. The number of carboxylic acids is 1. The molecule has 0 spiro atoms. The summed E-state index contributed by atoms with van der Waals surface area (Å²) >= 11 is 11.5. The lowest BCUT2D eigenvalue weighted by molar-refractivity contribution is -0.148. The number of carbonyl (C=O) groups excluding carboxylic acids is 1. The molecule has 1 saturated carbocycles. The first-order valence-corrected chi connectivity index (χ1v) is 16.4. The average Bonchev–Trinajstić information content (AvgIpc) is 3.83. The predicted octanol–water partition coefficient (Wildman–Crippen LogP) is 7.09. The van der Waals surface area contributed by atoms with E-state index in [9.17, 15) is 13.2 Å². The Balaban J connectivity index is 0.000000382. The zero-order valence-electron chi connectivity index (χ0n) is 24.7. The fraction of sp³-hybridized carbons (Fsp3) is 0.375. The van der Waals surface area contributed by atoms with Gasteiger partial charge < -0.3 is 14.7 Å². The molecule has 2 fully saturated rings. The first kappa shape index (κ1) is 36.1. The van der Waals surface area contributed by atoms with Gasteiger partial charge in [0.2, 0.25) is 15.9 Å². The van der Waals surface area contributed by atoms with Gasteiger partial charge in [0.05, 0.1) is 30.1 Å². The molecule has 0 bridgehead atoms. The van der Waals surface area contributed by atoms with Gasteiger partial charge in [-0.25, -0.2) is 8.42 Å². The summed E-state index contributed by atoms with van der Waals surface area (Å²) in [5.74, 6) is -0.979. The van der Waals surface area contributed by atoms with Crippen molar-refractivity contribution in [3.05, 3.63) is 101 Å². The Morgan fingerprint density at radius 1 is 0.930 bits per heavy atom. The van der Waals surface area contributed by atoms with E-state index in [-0.39, 0.29) is 36.9 Å². The van der Waals surface area contributed by atoms with Gasteiger partial charge in [0.25, 0.3) is 5.97 Å². The smallest absolute Gasteiger partial charge is 0.300 e. The molecule has 43 heavy (non-hydrogen) atoms. The lowest BCUT2D eigenvalue weighted by atomic mass is 10.0. The van der Waals surface area contributed by atoms with Gasteiger partial charge in [-0.15, -0.1) is 0 Å². The zero-order chi connectivity index (χ0) is 31.8. The molecule has 0 aromatic heterocycles. The van der Waals surface area contributed by atoms with Gasteiger partial charge in [-0.1, -0.05) is 92.0 Å². The highest BCUT2D eigenvalue weighted by Crippen LogP contribution is 2.34. The molecule has 3 aromatic rings. The SMILES string of the molecule is CC(=O)O.CCC.Clc1ccccc1.O=C1COC[C@@H](c2ccc(Cl)cc2)N1CCN(c1ccccc1)S(=O)(=O)C1CC1. The maximum absolute atomic E-state index is 13.0. The van der Waals surface area contributed by atoms with Crippen molar-refractivity contribution in [3.8, 4) is 0 Å². The Labute approximate surface area is 265 Å². The number of sulfonamides is 1. The molecule has 8 nitrogen and oxygen atoms in total. The lowest BCUT2D eigenvalue weighted by Gasteiger charge is -2.37. The van der Waals surface area contributed by atoms with E-state index >= 15 is 0 Å². The van der Waals surface area contributed by atoms with Crippen LogP contribution in [0.4, 0.5) is 5.69 Å². The average molecular weight is 652 g/mol. The van der Waals surface area contributed by atoms with Crippen LogP contribution >= 0.6 is 23.2 Å². The van der Waals surface area contributed by atoms with Crippen LogP contribution in [0.5, 0.6) is 0 Å². The van der Waals surface area contributed by atoms with Crippen LogP contribution in [0.3, 0.4) is 0 Å².